The number of hydrogen-bond donors (Lipinski definition) is 1. The van der Waals surface area contributed by atoms with Gasteiger partial charge in [0, 0.05) is 10.6 Å². The number of hydrogen-bond acceptors (Lipinski definition) is 4. The Balaban J connectivity index is 2.41. The van der Waals surface area contributed by atoms with Crippen molar-refractivity contribution < 1.29 is 4.74 Å². The molecule has 0 spiro atoms. The van der Waals surface area contributed by atoms with E-state index in [9.17, 15) is 0 Å². The van der Waals surface area contributed by atoms with Crippen LogP contribution < -0.4 is 10.5 Å². The first kappa shape index (κ1) is 11.9. The lowest BCUT2D eigenvalue weighted by molar-refractivity contribution is 0.413. The normalized spacial score (nSPS) is 11.8. The molecule has 1 unspecified atom stereocenters. The summed E-state index contributed by atoms with van der Waals surface area (Å²) in [6.07, 6.45) is 0.707. The fourth-order valence-corrected chi connectivity index (χ4v) is 2.04. The quantitative estimate of drug-likeness (QED) is 0.774. The first-order valence-corrected chi connectivity index (χ1v) is 5.67. The minimum absolute atomic E-state index is 0.358. The van der Waals surface area contributed by atoms with E-state index >= 15 is 0 Å². The molecular weight excluding hydrogens is 208 g/mol. The minimum atomic E-state index is -0.358. The van der Waals surface area contributed by atoms with Gasteiger partial charge < -0.3 is 10.5 Å². The molecule has 0 saturated carbocycles. The van der Waals surface area contributed by atoms with Crippen LogP contribution in [0.3, 0.4) is 0 Å². The van der Waals surface area contributed by atoms with Gasteiger partial charge in [-0.2, -0.15) is 5.26 Å². The second-order valence-electron chi connectivity index (χ2n) is 3.05. The SMILES string of the molecule is COc1cccc(SCCC(N)C#N)c1. The van der Waals surface area contributed by atoms with Crippen molar-refractivity contribution in [3.8, 4) is 11.8 Å². The number of thioether (sulfide) groups is 1. The van der Waals surface area contributed by atoms with Crippen LogP contribution in [0.2, 0.25) is 0 Å². The number of nitrogens with zero attached hydrogens (tertiary/aromatic N) is 1. The Morgan fingerprint density at radius 2 is 2.40 bits per heavy atom. The molecule has 0 bridgehead atoms. The van der Waals surface area contributed by atoms with E-state index in [-0.39, 0.29) is 6.04 Å². The third-order valence-corrected chi connectivity index (χ3v) is 2.93. The van der Waals surface area contributed by atoms with E-state index < -0.39 is 0 Å². The van der Waals surface area contributed by atoms with Crippen LogP contribution >= 0.6 is 11.8 Å². The van der Waals surface area contributed by atoms with E-state index in [2.05, 4.69) is 0 Å². The maximum Gasteiger partial charge on any atom is 0.119 e. The lowest BCUT2D eigenvalue weighted by Crippen LogP contribution is -2.17. The minimum Gasteiger partial charge on any atom is -0.497 e. The molecule has 1 atom stereocenters. The summed E-state index contributed by atoms with van der Waals surface area (Å²) in [4.78, 5) is 1.14. The average Bonchev–Trinajstić information content (AvgIpc) is 2.29. The van der Waals surface area contributed by atoms with Crippen LogP contribution in [0.1, 0.15) is 6.42 Å². The lowest BCUT2D eigenvalue weighted by Gasteiger charge is -2.04. The highest BCUT2D eigenvalue weighted by Crippen LogP contribution is 2.23. The highest BCUT2D eigenvalue weighted by atomic mass is 32.2. The van der Waals surface area contributed by atoms with Crippen LogP contribution in [0.25, 0.3) is 0 Å². The first-order chi connectivity index (χ1) is 7.26. The fraction of sp³-hybridized carbons (Fsp3) is 0.364. The third kappa shape index (κ3) is 4.24. The molecular formula is C11H14N2OS. The van der Waals surface area contributed by atoms with Crippen molar-refractivity contribution >= 4 is 11.8 Å². The lowest BCUT2D eigenvalue weighted by atomic mass is 10.3. The summed E-state index contributed by atoms with van der Waals surface area (Å²) < 4.78 is 5.11. The van der Waals surface area contributed by atoms with Crippen molar-refractivity contribution in [2.45, 2.75) is 17.4 Å². The third-order valence-electron chi connectivity index (χ3n) is 1.90. The largest absolute Gasteiger partial charge is 0.497 e. The zero-order valence-electron chi connectivity index (χ0n) is 8.64. The molecule has 2 N–H and O–H groups in total. The molecule has 0 saturated heterocycles. The smallest absolute Gasteiger partial charge is 0.119 e. The summed E-state index contributed by atoms with van der Waals surface area (Å²) in [5, 5.41) is 8.51. The highest BCUT2D eigenvalue weighted by molar-refractivity contribution is 7.99. The molecule has 4 heteroatoms. The number of methoxy groups -OCH3 is 1. The van der Waals surface area contributed by atoms with E-state index in [1.165, 1.54) is 0 Å². The van der Waals surface area contributed by atoms with E-state index in [4.69, 9.17) is 15.7 Å². The second kappa shape index (κ2) is 6.33. The van der Waals surface area contributed by atoms with Crippen molar-refractivity contribution in [3.63, 3.8) is 0 Å². The Bertz CT molecular complexity index is 349. The molecule has 0 heterocycles. The number of ether oxygens (including phenoxy) is 1. The molecule has 0 aromatic heterocycles. The molecule has 0 aliphatic carbocycles. The Hall–Kier alpha value is -1.18. The van der Waals surface area contributed by atoms with Gasteiger partial charge in [0.15, 0.2) is 0 Å². The van der Waals surface area contributed by atoms with Gasteiger partial charge in [0.05, 0.1) is 19.2 Å². The van der Waals surface area contributed by atoms with Gasteiger partial charge in [0.2, 0.25) is 0 Å². The van der Waals surface area contributed by atoms with Gasteiger partial charge in [-0.05, 0) is 24.6 Å². The monoisotopic (exact) mass is 222 g/mol. The van der Waals surface area contributed by atoms with Gasteiger partial charge in [-0.15, -0.1) is 11.8 Å². The molecule has 0 radical (unpaired) electrons. The van der Waals surface area contributed by atoms with E-state index in [0.29, 0.717) is 6.42 Å². The van der Waals surface area contributed by atoms with Gasteiger partial charge in [-0.25, -0.2) is 0 Å². The fourth-order valence-electron chi connectivity index (χ4n) is 1.06. The van der Waals surface area contributed by atoms with Crippen LogP contribution in [-0.2, 0) is 0 Å². The van der Waals surface area contributed by atoms with Gasteiger partial charge in [0.1, 0.15) is 5.75 Å². The van der Waals surface area contributed by atoms with Gasteiger partial charge in [0.25, 0.3) is 0 Å². The first-order valence-electron chi connectivity index (χ1n) is 4.68. The predicted molar refractivity (Wildman–Crippen MR) is 61.9 cm³/mol. The van der Waals surface area contributed by atoms with Crippen molar-refractivity contribution in [1.29, 1.82) is 5.26 Å². The van der Waals surface area contributed by atoms with Crippen LogP contribution in [0, 0.1) is 11.3 Å². The van der Waals surface area contributed by atoms with Gasteiger partial charge >= 0.3 is 0 Å². The van der Waals surface area contributed by atoms with E-state index in [0.717, 1.165) is 16.4 Å². The molecule has 0 aliphatic rings. The van der Waals surface area contributed by atoms with Crippen molar-refractivity contribution in [1.82, 2.24) is 0 Å². The number of rotatable bonds is 5. The molecule has 0 fully saturated rings. The van der Waals surface area contributed by atoms with Gasteiger partial charge in [-0.3, -0.25) is 0 Å². The number of benzene rings is 1. The Kier molecular flexibility index (Phi) is 5.02. The molecule has 1 aromatic carbocycles. The second-order valence-corrected chi connectivity index (χ2v) is 4.22. The summed E-state index contributed by atoms with van der Waals surface area (Å²) in [7, 11) is 1.65. The summed E-state index contributed by atoms with van der Waals surface area (Å²) in [5.74, 6) is 1.70. The number of nitrogens with two attached hydrogens (primary N) is 1. The Labute approximate surface area is 94.2 Å². The molecule has 15 heavy (non-hydrogen) atoms. The van der Waals surface area contributed by atoms with E-state index in [1.54, 1.807) is 18.9 Å². The molecule has 1 aromatic rings. The van der Waals surface area contributed by atoms with Crippen molar-refractivity contribution in [2.24, 2.45) is 5.73 Å². The maximum absolute atomic E-state index is 8.51. The summed E-state index contributed by atoms with van der Waals surface area (Å²) >= 11 is 1.68. The zero-order chi connectivity index (χ0) is 11.1. The molecule has 80 valence electrons. The predicted octanol–water partition coefficient (Wildman–Crippen LogP) is 2.03. The van der Waals surface area contributed by atoms with Crippen LogP contribution in [0.4, 0.5) is 0 Å². The summed E-state index contributed by atoms with van der Waals surface area (Å²) in [6, 6.07) is 9.51. The van der Waals surface area contributed by atoms with Crippen molar-refractivity contribution in [2.75, 3.05) is 12.9 Å². The molecule has 3 nitrogen and oxygen atoms in total. The Morgan fingerprint density at radius 3 is 3.07 bits per heavy atom. The highest BCUT2D eigenvalue weighted by Gasteiger charge is 2.01. The average molecular weight is 222 g/mol. The maximum atomic E-state index is 8.51. The Morgan fingerprint density at radius 1 is 1.60 bits per heavy atom. The molecule has 0 amide bonds. The van der Waals surface area contributed by atoms with Crippen LogP contribution in [-0.4, -0.2) is 18.9 Å². The molecule has 1 rings (SSSR count). The standard InChI is InChI=1S/C11H14N2OS/c1-14-10-3-2-4-11(7-10)15-6-5-9(13)8-12/h2-4,7,9H,5-6,13H2,1H3. The number of nitriles is 1. The van der Waals surface area contributed by atoms with Crippen LogP contribution in [0.15, 0.2) is 29.2 Å². The van der Waals surface area contributed by atoms with Crippen LogP contribution in [0.5, 0.6) is 5.75 Å². The van der Waals surface area contributed by atoms with Crippen molar-refractivity contribution in [3.05, 3.63) is 24.3 Å². The molecule has 0 aliphatic heterocycles. The summed E-state index contributed by atoms with van der Waals surface area (Å²) in [6.45, 7) is 0. The van der Waals surface area contributed by atoms with E-state index in [1.807, 2.05) is 30.3 Å². The summed E-state index contributed by atoms with van der Waals surface area (Å²) in [5.41, 5.74) is 5.49. The topological polar surface area (TPSA) is 59.0 Å². The van der Waals surface area contributed by atoms with Gasteiger partial charge in [-0.1, -0.05) is 6.07 Å². The zero-order valence-corrected chi connectivity index (χ0v) is 9.46.